The summed E-state index contributed by atoms with van der Waals surface area (Å²) in [6.45, 7) is 14.7. The van der Waals surface area contributed by atoms with Gasteiger partial charge in [-0.25, -0.2) is 0 Å². The molecule has 0 aliphatic carbocycles. The Bertz CT molecular complexity index is 1560. The molecule has 0 aliphatic rings. The maximum atomic E-state index is 12.0. The number of hydrogen-bond acceptors (Lipinski definition) is 9. The molecule has 4 aromatic rings. The van der Waals surface area contributed by atoms with Gasteiger partial charge in [0.15, 0.2) is 6.29 Å². The molecular weight excluding hydrogens is 570 g/mol. The zero-order valence-corrected chi connectivity index (χ0v) is 28.3. The van der Waals surface area contributed by atoms with Crippen molar-refractivity contribution in [2.24, 2.45) is 11.7 Å². The molecule has 0 fully saturated rings. The lowest BCUT2D eigenvalue weighted by Crippen LogP contribution is -2.38. The summed E-state index contributed by atoms with van der Waals surface area (Å²) in [5.74, 6) is 1.93. The molecule has 45 heavy (non-hydrogen) atoms. The SMILES string of the molecule is CC.CCC(C)c1c(Nc2ccc(Oc3ccnc4cc(OC)c(C=O)cc34)cc2O)c(=O)c1=O.CCCCC(C)CC.CN. The first-order valence-electron chi connectivity index (χ1n) is 15.8. The number of benzene rings is 2. The number of phenolic OH excluding ortho intramolecular Hbond substituents is 1. The molecular formula is C36H51N3O6. The molecule has 3 aromatic carbocycles. The number of aromatic nitrogens is 1. The largest absolute Gasteiger partial charge is 0.506 e. The van der Waals surface area contributed by atoms with Crippen molar-refractivity contribution in [1.82, 2.24) is 4.98 Å². The van der Waals surface area contributed by atoms with Crippen molar-refractivity contribution in [2.75, 3.05) is 19.5 Å². The molecule has 0 saturated heterocycles. The number of ether oxygens (including phenoxy) is 2. The molecule has 2 atom stereocenters. The fraction of sp³-hybridized carbons (Fsp3) is 0.444. The Labute approximate surface area is 267 Å². The van der Waals surface area contributed by atoms with Crippen LogP contribution in [0.1, 0.15) is 102 Å². The van der Waals surface area contributed by atoms with Crippen LogP contribution >= 0.6 is 0 Å². The highest BCUT2D eigenvalue weighted by atomic mass is 16.5. The molecule has 0 bridgehead atoms. The first kappa shape index (κ1) is 38.8. The Morgan fingerprint density at radius 3 is 2.22 bits per heavy atom. The average molecular weight is 622 g/mol. The number of aromatic hydroxyl groups is 1. The van der Waals surface area contributed by atoms with Crippen LogP contribution in [0.15, 0.2) is 52.2 Å². The number of hydrogen-bond donors (Lipinski definition) is 3. The van der Waals surface area contributed by atoms with Gasteiger partial charge in [-0.05, 0) is 49.6 Å². The lowest BCUT2D eigenvalue weighted by atomic mass is 9.92. The molecule has 1 heterocycles. The number of rotatable bonds is 12. The van der Waals surface area contributed by atoms with Crippen molar-refractivity contribution in [1.29, 1.82) is 0 Å². The van der Waals surface area contributed by atoms with Crippen molar-refractivity contribution < 1.29 is 19.4 Å². The van der Waals surface area contributed by atoms with Crippen LogP contribution in [-0.2, 0) is 0 Å². The van der Waals surface area contributed by atoms with Crippen LogP contribution < -0.4 is 31.4 Å². The standard InChI is InChI=1S/C25H22N2O6.C8H18.C2H6.CH5N/c1-4-13(2)22-23(25(31)24(22)30)27-17-6-5-15(10-19(17)29)33-20-7-8-26-18-11-21(32-3)14(12-28)9-16(18)20;1-4-6-7-8(3)5-2;2*1-2/h5-13,27,29H,4H2,1-3H3;8H,4-7H2,1-3H3;1-2H3;2H2,1H3. The normalized spacial score (nSPS) is 11.5. The van der Waals surface area contributed by atoms with E-state index in [2.05, 4.69) is 36.8 Å². The third kappa shape index (κ3) is 10.1. The van der Waals surface area contributed by atoms with E-state index >= 15 is 0 Å². The third-order valence-corrected chi connectivity index (χ3v) is 7.44. The van der Waals surface area contributed by atoms with Gasteiger partial charge in [0.05, 0.1) is 29.6 Å². The van der Waals surface area contributed by atoms with Crippen LogP contribution in [-0.4, -0.2) is 30.5 Å². The predicted molar refractivity (Wildman–Crippen MR) is 186 cm³/mol. The van der Waals surface area contributed by atoms with Crippen molar-refractivity contribution >= 4 is 28.6 Å². The van der Waals surface area contributed by atoms with Gasteiger partial charge >= 0.3 is 0 Å². The van der Waals surface area contributed by atoms with Crippen LogP contribution in [0.25, 0.3) is 10.9 Å². The van der Waals surface area contributed by atoms with E-state index < -0.39 is 10.9 Å². The molecule has 1 aromatic heterocycles. The summed E-state index contributed by atoms with van der Waals surface area (Å²) in [6.07, 6.45) is 8.51. The van der Waals surface area contributed by atoms with E-state index in [1.54, 1.807) is 36.5 Å². The third-order valence-electron chi connectivity index (χ3n) is 7.44. The topological polar surface area (TPSA) is 141 Å². The fourth-order valence-corrected chi connectivity index (χ4v) is 4.43. The number of carbonyl (C=O) groups is 1. The van der Waals surface area contributed by atoms with Crippen molar-refractivity contribution in [3.63, 3.8) is 0 Å². The summed E-state index contributed by atoms with van der Waals surface area (Å²) >= 11 is 0. The van der Waals surface area contributed by atoms with E-state index in [1.807, 2.05) is 27.7 Å². The highest BCUT2D eigenvalue weighted by molar-refractivity contribution is 5.93. The number of nitrogens with zero attached hydrogens (tertiary/aromatic N) is 1. The van der Waals surface area contributed by atoms with Crippen molar-refractivity contribution in [3.05, 3.63) is 74.2 Å². The summed E-state index contributed by atoms with van der Waals surface area (Å²) in [5, 5.41) is 14.0. The summed E-state index contributed by atoms with van der Waals surface area (Å²) in [6, 6.07) is 9.50. The molecule has 246 valence electrons. The van der Waals surface area contributed by atoms with Crippen molar-refractivity contribution in [2.45, 2.75) is 86.5 Å². The lowest BCUT2D eigenvalue weighted by Gasteiger charge is -2.18. The van der Waals surface area contributed by atoms with Crippen molar-refractivity contribution in [3.8, 4) is 23.0 Å². The van der Waals surface area contributed by atoms with E-state index in [1.165, 1.54) is 45.9 Å². The Hall–Kier alpha value is -4.24. The zero-order valence-electron chi connectivity index (χ0n) is 28.3. The van der Waals surface area contributed by atoms with Gasteiger partial charge in [-0.3, -0.25) is 19.4 Å². The number of nitrogens with two attached hydrogens (primary N) is 1. The van der Waals surface area contributed by atoms with Gasteiger partial charge in [0, 0.05) is 29.3 Å². The minimum Gasteiger partial charge on any atom is -0.506 e. The maximum absolute atomic E-state index is 12.0. The minimum absolute atomic E-state index is 0.0581. The van der Waals surface area contributed by atoms with Gasteiger partial charge in [0.2, 0.25) is 10.9 Å². The van der Waals surface area contributed by atoms with Gasteiger partial charge in [0.1, 0.15) is 23.0 Å². The van der Waals surface area contributed by atoms with Gasteiger partial charge in [-0.2, -0.15) is 0 Å². The lowest BCUT2D eigenvalue weighted by molar-refractivity contribution is 0.112. The van der Waals surface area contributed by atoms with Crippen LogP contribution in [0.2, 0.25) is 0 Å². The Morgan fingerprint density at radius 2 is 1.67 bits per heavy atom. The molecule has 9 nitrogen and oxygen atoms in total. The van der Waals surface area contributed by atoms with Gasteiger partial charge in [0.25, 0.3) is 0 Å². The van der Waals surface area contributed by atoms with Gasteiger partial charge in [-0.15, -0.1) is 0 Å². The molecule has 0 radical (unpaired) electrons. The highest BCUT2D eigenvalue weighted by Crippen LogP contribution is 2.37. The zero-order chi connectivity index (χ0) is 34.1. The van der Waals surface area contributed by atoms with Crippen LogP contribution in [0.5, 0.6) is 23.0 Å². The maximum Gasteiger partial charge on any atom is 0.249 e. The molecule has 4 N–H and O–H groups in total. The number of carbonyl (C=O) groups excluding carboxylic acids is 1. The van der Waals surface area contributed by atoms with E-state index in [-0.39, 0.29) is 23.0 Å². The van der Waals surface area contributed by atoms with E-state index in [0.717, 1.165) is 12.3 Å². The molecule has 0 aliphatic heterocycles. The van der Waals surface area contributed by atoms with Gasteiger partial charge in [-0.1, -0.05) is 74.1 Å². The fourth-order valence-electron chi connectivity index (χ4n) is 4.43. The second-order valence-electron chi connectivity index (χ2n) is 10.4. The number of unbranched alkanes of at least 4 members (excludes halogenated alkanes) is 1. The van der Waals surface area contributed by atoms with Crippen LogP contribution in [0.4, 0.5) is 11.4 Å². The molecule has 0 spiro atoms. The van der Waals surface area contributed by atoms with Gasteiger partial charge < -0.3 is 25.6 Å². The highest BCUT2D eigenvalue weighted by Gasteiger charge is 2.25. The number of phenols is 1. The molecule has 4 rings (SSSR count). The first-order valence-corrected chi connectivity index (χ1v) is 15.8. The number of fused-ring (bicyclic) bond motifs is 1. The Balaban J connectivity index is 0.000000728. The summed E-state index contributed by atoms with van der Waals surface area (Å²) in [5.41, 5.74) is 5.31. The second-order valence-corrected chi connectivity index (χ2v) is 10.4. The Kier molecular flexibility index (Phi) is 17.2. The summed E-state index contributed by atoms with van der Waals surface area (Å²) < 4.78 is 11.2. The number of nitrogens with one attached hydrogen (secondary N) is 1. The average Bonchev–Trinajstić information content (AvgIpc) is 3.08. The molecule has 0 amide bonds. The smallest absolute Gasteiger partial charge is 0.249 e. The second kappa shape index (κ2) is 19.9. The number of pyridine rings is 1. The van der Waals surface area contributed by atoms with E-state index in [4.69, 9.17) is 9.47 Å². The quantitative estimate of drug-likeness (QED) is 0.0810. The molecule has 9 heteroatoms. The van der Waals surface area contributed by atoms with E-state index in [9.17, 15) is 19.5 Å². The number of anilines is 2. The first-order chi connectivity index (χ1) is 21.7. The Morgan fingerprint density at radius 1 is 0.978 bits per heavy atom. The number of methoxy groups -OCH3 is 1. The summed E-state index contributed by atoms with van der Waals surface area (Å²) in [4.78, 5) is 39.6. The molecule has 0 saturated carbocycles. The predicted octanol–water partition coefficient (Wildman–Crippen LogP) is 8.23. The van der Waals surface area contributed by atoms with Crippen LogP contribution in [0.3, 0.4) is 0 Å². The molecule has 2 unspecified atom stereocenters. The number of aldehydes is 1. The van der Waals surface area contributed by atoms with Crippen LogP contribution in [0, 0.1) is 5.92 Å². The monoisotopic (exact) mass is 621 g/mol. The van der Waals surface area contributed by atoms with E-state index in [0.29, 0.717) is 45.6 Å². The summed E-state index contributed by atoms with van der Waals surface area (Å²) in [7, 11) is 2.97. The minimum atomic E-state index is -0.588.